The Labute approximate surface area is 186 Å². The minimum absolute atomic E-state index is 0.0864. The summed E-state index contributed by atoms with van der Waals surface area (Å²) in [5, 5.41) is 4.51. The second-order valence-corrected chi connectivity index (χ2v) is 8.65. The van der Waals surface area contributed by atoms with Crippen molar-refractivity contribution in [2.45, 2.75) is 44.1 Å². The van der Waals surface area contributed by atoms with Crippen LogP contribution in [0.1, 0.15) is 38.2 Å². The van der Waals surface area contributed by atoms with Crippen LogP contribution in [0, 0.1) is 0 Å². The summed E-state index contributed by atoms with van der Waals surface area (Å²) in [6, 6.07) is 10.6. The average molecular weight is 457 g/mol. The van der Waals surface area contributed by atoms with Crippen molar-refractivity contribution in [1.82, 2.24) is 0 Å². The van der Waals surface area contributed by atoms with Gasteiger partial charge >= 0.3 is 0 Å². The van der Waals surface area contributed by atoms with Gasteiger partial charge in [0.15, 0.2) is 0 Å². The molecule has 1 atom stereocenters. The van der Waals surface area contributed by atoms with E-state index in [4.69, 9.17) is 44.3 Å². The SMILES string of the molecule is COCC(C)Oc1ccc(NC(=O)C2(c3ccc(Cl)cc3Cl)CCCC2)cc1Cl. The highest BCUT2D eigenvalue weighted by Gasteiger charge is 2.44. The lowest BCUT2D eigenvalue weighted by Gasteiger charge is -2.29. The minimum atomic E-state index is -0.670. The molecule has 156 valence electrons. The van der Waals surface area contributed by atoms with Gasteiger partial charge in [-0.3, -0.25) is 4.79 Å². The molecule has 2 aromatic rings. The van der Waals surface area contributed by atoms with Crippen LogP contribution in [0.25, 0.3) is 0 Å². The third-order valence-corrected chi connectivity index (χ3v) is 6.10. The second-order valence-electron chi connectivity index (χ2n) is 7.40. The van der Waals surface area contributed by atoms with Gasteiger partial charge in [-0.25, -0.2) is 0 Å². The van der Waals surface area contributed by atoms with Gasteiger partial charge in [0.05, 0.1) is 17.0 Å². The number of hydrogen-bond acceptors (Lipinski definition) is 3. The smallest absolute Gasteiger partial charge is 0.235 e. The number of halogens is 3. The lowest BCUT2D eigenvalue weighted by Crippen LogP contribution is -2.38. The van der Waals surface area contributed by atoms with Gasteiger partial charge in [-0.2, -0.15) is 0 Å². The highest BCUT2D eigenvalue weighted by atomic mass is 35.5. The van der Waals surface area contributed by atoms with Gasteiger partial charge in [0.25, 0.3) is 0 Å². The monoisotopic (exact) mass is 455 g/mol. The predicted molar refractivity (Wildman–Crippen MR) is 119 cm³/mol. The van der Waals surface area contributed by atoms with Crippen LogP contribution in [-0.2, 0) is 14.9 Å². The molecule has 29 heavy (non-hydrogen) atoms. The molecule has 2 aromatic carbocycles. The molecule has 1 aliphatic carbocycles. The molecule has 0 bridgehead atoms. The first-order valence-corrected chi connectivity index (χ1v) is 10.7. The van der Waals surface area contributed by atoms with Crippen molar-refractivity contribution >= 4 is 46.4 Å². The number of benzene rings is 2. The molecule has 0 spiro atoms. The largest absolute Gasteiger partial charge is 0.487 e. The molecule has 1 amide bonds. The fourth-order valence-corrected chi connectivity index (χ4v) is 4.70. The summed E-state index contributed by atoms with van der Waals surface area (Å²) in [6.45, 7) is 2.36. The van der Waals surface area contributed by atoms with Crippen molar-refractivity contribution in [1.29, 1.82) is 0 Å². The Kier molecular flexibility index (Phi) is 7.33. The number of methoxy groups -OCH3 is 1. The van der Waals surface area contributed by atoms with Crippen molar-refractivity contribution in [3.63, 3.8) is 0 Å². The lowest BCUT2D eigenvalue weighted by atomic mass is 9.78. The molecule has 3 rings (SSSR count). The Bertz CT molecular complexity index is 882. The summed E-state index contributed by atoms with van der Waals surface area (Å²) in [4.78, 5) is 13.3. The molecular formula is C22H24Cl3NO3. The van der Waals surface area contributed by atoms with Crippen molar-refractivity contribution in [3.8, 4) is 5.75 Å². The minimum Gasteiger partial charge on any atom is -0.487 e. The van der Waals surface area contributed by atoms with Gasteiger partial charge in [0.1, 0.15) is 11.9 Å². The predicted octanol–water partition coefficient (Wildman–Crippen LogP) is 6.51. The van der Waals surface area contributed by atoms with Crippen LogP contribution in [0.15, 0.2) is 36.4 Å². The average Bonchev–Trinajstić information content (AvgIpc) is 3.15. The third kappa shape index (κ3) is 5.00. The zero-order chi connectivity index (χ0) is 21.0. The van der Waals surface area contributed by atoms with E-state index in [0.717, 1.165) is 31.2 Å². The Balaban J connectivity index is 1.81. The molecule has 1 saturated carbocycles. The van der Waals surface area contributed by atoms with Crippen LogP contribution in [0.4, 0.5) is 5.69 Å². The zero-order valence-corrected chi connectivity index (χ0v) is 18.7. The zero-order valence-electron chi connectivity index (χ0n) is 16.4. The van der Waals surface area contributed by atoms with Crippen LogP contribution in [0.3, 0.4) is 0 Å². The number of ether oxygens (including phenoxy) is 2. The summed E-state index contributed by atoms with van der Waals surface area (Å²) in [6.07, 6.45) is 3.29. The molecule has 0 heterocycles. The Morgan fingerprint density at radius 3 is 2.45 bits per heavy atom. The van der Waals surface area contributed by atoms with E-state index < -0.39 is 5.41 Å². The van der Waals surface area contributed by atoms with Gasteiger partial charge in [-0.15, -0.1) is 0 Å². The molecule has 1 N–H and O–H groups in total. The quantitative estimate of drug-likeness (QED) is 0.516. The fraction of sp³-hybridized carbons (Fsp3) is 0.409. The number of nitrogens with one attached hydrogen (secondary N) is 1. The summed E-state index contributed by atoms with van der Waals surface area (Å²) < 4.78 is 10.8. The highest BCUT2D eigenvalue weighted by Crippen LogP contribution is 2.45. The van der Waals surface area contributed by atoms with E-state index in [1.54, 1.807) is 37.4 Å². The van der Waals surface area contributed by atoms with Crippen LogP contribution < -0.4 is 10.1 Å². The van der Waals surface area contributed by atoms with E-state index in [1.165, 1.54) is 0 Å². The Morgan fingerprint density at radius 1 is 1.10 bits per heavy atom. The number of anilines is 1. The summed E-state index contributed by atoms with van der Waals surface area (Å²) in [5.74, 6) is 0.460. The Morgan fingerprint density at radius 2 is 1.83 bits per heavy atom. The maximum atomic E-state index is 13.3. The normalized spacial score (nSPS) is 16.4. The molecule has 1 aliphatic rings. The highest BCUT2D eigenvalue weighted by molar-refractivity contribution is 6.35. The van der Waals surface area contributed by atoms with Crippen molar-refractivity contribution in [2.75, 3.05) is 19.0 Å². The van der Waals surface area contributed by atoms with E-state index in [1.807, 2.05) is 13.0 Å². The molecule has 0 saturated heterocycles. The first-order valence-electron chi connectivity index (χ1n) is 9.58. The number of rotatable bonds is 7. The molecule has 0 aromatic heterocycles. The molecule has 0 radical (unpaired) electrons. The fourth-order valence-electron chi connectivity index (χ4n) is 3.89. The van der Waals surface area contributed by atoms with Crippen LogP contribution in [-0.4, -0.2) is 25.7 Å². The third-order valence-electron chi connectivity index (χ3n) is 5.26. The molecular weight excluding hydrogens is 433 g/mol. The summed E-state index contributed by atoms with van der Waals surface area (Å²) >= 11 is 18.9. The Hall–Kier alpha value is -1.46. The van der Waals surface area contributed by atoms with Gasteiger partial charge in [0.2, 0.25) is 5.91 Å². The first kappa shape index (κ1) is 22.2. The second kappa shape index (κ2) is 9.57. The van der Waals surface area contributed by atoms with Gasteiger partial charge in [-0.1, -0.05) is 53.7 Å². The van der Waals surface area contributed by atoms with Crippen molar-refractivity contribution in [2.24, 2.45) is 0 Å². The molecule has 0 aliphatic heterocycles. The molecule has 1 unspecified atom stereocenters. The number of carbonyl (C=O) groups excluding carboxylic acids is 1. The number of amides is 1. The van der Waals surface area contributed by atoms with Crippen molar-refractivity contribution in [3.05, 3.63) is 57.0 Å². The number of hydrogen-bond donors (Lipinski definition) is 1. The topological polar surface area (TPSA) is 47.6 Å². The maximum Gasteiger partial charge on any atom is 0.235 e. The maximum absolute atomic E-state index is 13.3. The summed E-state index contributed by atoms with van der Waals surface area (Å²) in [7, 11) is 1.62. The van der Waals surface area contributed by atoms with E-state index in [-0.39, 0.29) is 12.0 Å². The van der Waals surface area contributed by atoms with E-state index in [2.05, 4.69) is 5.32 Å². The summed E-state index contributed by atoms with van der Waals surface area (Å²) in [5.41, 5.74) is 0.761. The van der Waals surface area contributed by atoms with Gasteiger partial charge in [-0.05, 0) is 55.7 Å². The van der Waals surface area contributed by atoms with E-state index in [9.17, 15) is 4.79 Å². The van der Waals surface area contributed by atoms with Crippen LogP contribution in [0.2, 0.25) is 15.1 Å². The lowest BCUT2D eigenvalue weighted by molar-refractivity contribution is -0.121. The van der Waals surface area contributed by atoms with Crippen molar-refractivity contribution < 1.29 is 14.3 Å². The number of carbonyl (C=O) groups is 1. The van der Waals surface area contributed by atoms with E-state index >= 15 is 0 Å². The molecule has 4 nitrogen and oxygen atoms in total. The van der Waals surface area contributed by atoms with Gasteiger partial charge in [0, 0.05) is 22.8 Å². The standard InChI is InChI=1S/C22H24Cl3NO3/c1-14(13-28-2)29-20-8-6-16(12-19(20)25)26-21(27)22(9-3-4-10-22)17-7-5-15(23)11-18(17)24/h5-8,11-12,14H,3-4,9-10,13H2,1-2H3,(H,26,27). The van der Waals surface area contributed by atoms with Crippen LogP contribution in [0.5, 0.6) is 5.75 Å². The first-order chi connectivity index (χ1) is 13.9. The van der Waals surface area contributed by atoms with Gasteiger partial charge < -0.3 is 14.8 Å². The van der Waals surface area contributed by atoms with Crippen LogP contribution >= 0.6 is 34.8 Å². The molecule has 1 fully saturated rings. The van der Waals surface area contributed by atoms with E-state index in [0.29, 0.717) is 33.1 Å². The molecule has 7 heteroatoms.